The van der Waals surface area contributed by atoms with Crippen LogP contribution in [0.5, 0.6) is 0 Å². The van der Waals surface area contributed by atoms with Crippen molar-refractivity contribution in [3.05, 3.63) is 66.0 Å². The first-order valence-corrected chi connectivity index (χ1v) is 8.63. The van der Waals surface area contributed by atoms with E-state index in [1.54, 1.807) is 12.1 Å². The minimum absolute atomic E-state index is 0.171. The van der Waals surface area contributed by atoms with Gasteiger partial charge in [-0.15, -0.1) is 11.8 Å². The van der Waals surface area contributed by atoms with Gasteiger partial charge in [-0.3, -0.25) is 15.6 Å². The Morgan fingerprint density at radius 3 is 2.46 bits per heavy atom. The van der Waals surface area contributed by atoms with Gasteiger partial charge >= 0.3 is 0 Å². The predicted molar refractivity (Wildman–Crippen MR) is 98.9 cm³/mol. The van der Waals surface area contributed by atoms with Crippen LogP contribution >= 0.6 is 24.0 Å². The predicted octanol–water partition coefficient (Wildman–Crippen LogP) is 3.00. The van der Waals surface area contributed by atoms with Gasteiger partial charge in [0, 0.05) is 11.4 Å². The quantitative estimate of drug-likeness (QED) is 0.433. The van der Waals surface area contributed by atoms with Crippen molar-refractivity contribution in [3.63, 3.8) is 0 Å². The molecule has 0 bridgehead atoms. The molecule has 4 nitrogen and oxygen atoms in total. The first kappa shape index (κ1) is 18.2. The number of carbonyl (C=O) groups excluding carboxylic acids is 1. The molecule has 0 saturated heterocycles. The standard InChI is InChI=1S/C17H18FN3OS2/c1-12(24-15-5-3-2-4-6-15)16(22)20-21-17(23)19-11-13-7-9-14(18)10-8-13/h2-10,12H,11H2,1H3,(H,20,22)(H2,19,21,23)/t12-/m1/s1. The van der Waals surface area contributed by atoms with Crippen molar-refractivity contribution in [2.45, 2.75) is 23.6 Å². The van der Waals surface area contributed by atoms with Crippen LogP contribution in [0, 0.1) is 5.82 Å². The molecular formula is C17H18FN3OS2. The molecule has 24 heavy (non-hydrogen) atoms. The molecule has 0 heterocycles. The molecule has 3 N–H and O–H groups in total. The van der Waals surface area contributed by atoms with E-state index in [-0.39, 0.29) is 17.0 Å². The summed E-state index contributed by atoms with van der Waals surface area (Å²) in [5.74, 6) is -0.452. The molecule has 0 radical (unpaired) electrons. The summed E-state index contributed by atoms with van der Waals surface area (Å²) in [5, 5.41) is 2.97. The SMILES string of the molecule is C[C@@H](Sc1ccccc1)C(=O)NNC(=S)NCc1ccc(F)cc1. The number of thiocarbonyl (C=S) groups is 1. The fourth-order valence-corrected chi connectivity index (χ4v) is 2.82. The first-order valence-electron chi connectivity index (χ1n) is 7.34. The van der Waals surface area contributed by atoms with Crippen LogP contribution in [0.3, 0.4) is 0 Å². The van der Waals surface area contributed by atoms with Crippen molar-refractivity contribution in [2.24, 2.45) is 0 Å². The van der Waals surface area contributed by atoms with Crippen molar-refractivity contribution in [3.8, 4) is 0 Å². The van der Waals surface area contributed by atoms with Gasteiger partial charge in [-0.25, -0.2) is 4.39 Å². The smallest absolute Gasteiger partial charge is 0.251 e. The fraction of sp³-hybridized carbons (Fsp3) is 0.176. The summed E-state index contributed by atoms with van der Waals surface area (Å²) in [6, 6.07) is 15.8. The Morgan fingerprint density at radius 2 is 1.79 bits per heavy atom. The summed E-state index contributed by atoms with van der Waals surface area (Å²) in [5.41, 5.74) is 6.13. The maximum atomic E-state index is 12.8. The molecule has 7 heteroatoms. The van der Waals surface area contributed by atoms with Gasteiger partial charge in [0.25, 0.3) is 5.91 Å². The fourth-order valence-electron chi connectivity index (χ4n) is 1.81. The topological polar surface area (TPSA) is 53.2 Å². The molecule has 2 aromatic rings. The molecule has 0 aromatic heterocycles. The monoisotopic (exact) mass is 363 g/mol. The van der Waals surface area contributed by atoms with Crippen molar-refractivity contribution in [1.82, 2.24) is 16.2 Å². The Morgan fingerprint density at radius 1 is 1.12 bits per heavy atom. The van der Waals surface area contributed by atoms with E-state index in [1.807, 2.05) is 37.3 Å². The highest BCUT2D eigenvalue weighted by Crippen LogP contribution is 2.22. The van der Waals surface area contributed by atoms with Gasteiger partial charge in [-0.05, 0) is 49.0 Å². The Bertz CT molecular complexity index is 680. The van der Waals surface area contributed by atoms with Crippen LogP contribution < -0.4 is 16.2 Å². The molecule has 0 aliphatic rings. The molecule has 0 aliphatic carbocycles. The maximum Gasteiger partial charge on any atom is 0.251 e. The van der Waals surface area contributed by atoms with Crippen LogP contribution in [-0.4, -0.2) is 16.3 Å². The van der Waals surface area contributed by atoms with Crippen molar-refractivity contribution in [1.29, 1.82) is 0 Å². The Kier molecular flexibility index (Phi) is 7.02. The number of hydrogen-bond acceptors (Lipinski definition) is 3. The van der Waals surface area contributed by atoms with E-state index in [9.17, 15) is 9.18 Å². The molecule has 1 atom stereocenters. The number of hydrazine groups is 1. The third-order valence-corrected chi connectivity index (χ3v) is 4.45. The molecular weight excluding hydrogens is 345 g/mol. The van der Waals surface area contributed by atoms with Crippen LogP contribution in [0.25, 0.3) is 0 Å². The number of thioether (sulfide) groups is 1. The lowest BCUT2D eigenvalue weighted by Crippen LogP contribution is -2.48. The zero-order chi connectivity index (χ0) is 17.4. The number of rotatable bonds is 5. The number of amides is 1. The number of carbonyl (C=O) groups is 1. The largest absolute Gasteiger partial charge is 0.357 e. The van der Waals surface area contributed by atoms with E-state index in [2.05, 4.69) is 16.2 Å². The summed E-state index contributed by atoms with van der Waals surface area (Å²) >= 11 is 6.56. The summed E-state index contributed by atoms with van der Waals surface area (Å²) in [6.07, 6.45) is 0. The molecule has 126 valence electrons. The van der Waals surface area contributed by atoms with Crippen LogP contribution in [0.15, 0.2) is 59.5 Å². The summed E-state index contributed by atoms with van der Waals surface area (Å²) in [7, 11) is 0. The molecule has 0 spiro atoms. The van der Waals surface area contributed by atoms with E-state index in [0.29, 0.717) is 11.7 Å². The molecule has 2 aromatic carbocycles. The Balaban J connectivity index is 1.70. The van der Waals surface area contributed by atoms with E-state index in [4.69, 9.17) is 12.2 Å². The second-order valence-corrected chi connectivity index (χ2v) is 6.82. The Labute approximate surface area is 150 Å². The van der Waals surface area contributed by atoms with E-state index in [1.165, 1.54) is 23.9 Å². The number of nitrogens with one attached hydrogen (secondary N) is 3. The summed E-state index contributed by atoms with van der Waals surface area (Å²) in [6.45, 7) is 2.26. The zero-order valence-corrected chi connectivity index (χ0v) is 14.7. The van der Waals surface area contributed by atoms with E-state index in [0.717, 1.165) is 10.5 Å². The van der Waals surface area contributed by atoms with Gasteiger partial charge in [0.05, 0.1) is 5.25 Å². The molecule has 0 aliphatic heterocycles. The van der Waals surface area contributed by atoms with Gasteiger partial charge in [0.15, 0.2) is 5.11 Å². The van der Waals surface area contributed by atoms with Crippen LogP contribution in [0.2, 0.25) is 0 Å². The highest BCUT2D eigenvalue weighted by Gasteiger charge is 2.14. The van der Waals surface area contributed by atoms with Crippen LogP contribution in [-0.2, 0) is 11.3 Å². The molecule has 2 rings (SSSR count). The molecule has 0 saturated carbocycles. The number of halogens is 1. The van der Waals surface area contributed by atoms with Gasteiger partial charge < -0.3 is 5.32 Å². The van der Waals surface area contributed by atoms with Gasteiger partial charge in [0.1, 0.15) is 5.82 Å². The normalized spacial score (nSPS) is 11.4. The van der Waals surface area contributed by atoms with E-state index < -0.39 is 0 Å². The average molecular weight is 363 g/mol. The maximum absolute atomic E-state index is 12.8. The molecule has 0 fully saturated rings. The highest BCUT2D eigenvalue weighted by molar-refractivity contribution is 8.00. The minimum atomic E-state index is -0.281. The second-order valence-electron chi connectivity index (χ2n) is 5.00. The lowest BCUT2D eigenvalue weighted by Gasteiger charge is -2.15. The Hall–Kier alpha value is -2.12. The molecule has 1 amide bonds. The van der Waals surface area contributed by atoms with Crippen LogP contribution in [0.4, 0.5) is 4.39 Å². The van der Waals surface area contributed by atoms with Crippen LogP contribution in [0.1, 0.15) is 12.5 Å². The lowest BCUT2D eigenvalue weighted by atomic mass is 10.2. The lowest BCUT2D eigenvalue weighted by molar-refractivity contribution is -0.120. The summed E-state index contributed by atoms with van der Waals surface area (Å²) in [4.78, 5) is 13.1. The van der Waals surface area contributed by atoms with Crippen molar-refractivity contribution < 1.29 is 9.18 Å². The van der Waals surface area contributed by atoms with Gasteiger partial charge in [-0.2, -0.15) is 0 Å². The second kappa shape index (κ2) is 9.24. The third-order valence-electron chi connectivity index (χ3n) is 3.09. The number of benzene rings is 2. The first-order chi connectivity index (χ1) is 11.5. The number of hydrogen-bond donors (Lipinski definition) is 3. The van der Waals surface area contributed by atoms with Crippen molar-refractivity contribution in [2.75, 3.05) is 0 Å². The minimum Gasteiger partial charge on any atom is -0.357 e. The molecule has 0 unspecified atom stereocenters. The third kappa shape index (κ3) is 6.17. The van der Waals surface area contributed by atoms with Gasteiger partial charge in [-0.1, -0.05) is 30.3 Å². The highest BCUT2D eigenvalue weighted by atomic mass is 32.2. The van der Waals surface area contributed by atoms with Crippen molar-refractivity contribution >= 4 is 35.0 Å². The summed E-state index contributed by atoms with van der Waals surface area (Å²) < 4.78 is 12.8. The van der Waals surface area contributed by atoms with E-state index >= 15 is 0 Å². The van der Waals surface area contributed by atoms with Gasteiger partial charge in [0.2, 0.25) is 0 Å². The average Bonchev–Trinajstić information content (AvgIpc) is 2.60. The zero-order valence-electron chi connectivity index (χ0n) is 13.1.